The molecule has 0 nitrogen and oxygen atoms in total. The largest absolute Gasteiger partial charge is 0.0725 e. The van der Waals surface area contributed by atoms with Crippen molar-refractivity contribution in [1.29, 1.82) is 0 Å². The molecule has 6 aromatic carbocycles. The Labute approximate surface area is 229 Å². The van der Waals surface area contributed by atoms with E-state index >= 15 is 0 Å². The first kappa shape index (κ1) is 21.3. The standard InChI is InChI=1S/C39H26/c1-24-10-8-15-27-28-16-9-14-26(34(28)23-33(24)27)25-20-21-32-31-13-4-7-19-37(31)39(38(32)22-25)35-17-5-2-11-29(35)30-12-3-6-18-36(30)39/h2-22H,23H2,1H3. The summed E-state index contributed by atoms with van der Waals surface area (Å²) in [5.41, 5.74) is 20.5. The van der Waals surface area contributed by atoms with Gasteiger partial charge in [-0.3, -0.25) is 0 Å². The van der Waals surface area contributed by atoms with Crippen LogP contribution in [0.1, 0.15) is 38.9 Å². The van der Waals surface area contributed by atoms with Crippen LogP contribution >= 0.6 is 0 Å². The van der Waals surface area contributed by atoms with Gasteiger partial charge in [-0.15, -0.1) is 0 Å². The van der Waals surface area contributed by atoms with E-state index in [1.54, 1.807) is 0 Å². The summed E-state index contributed by atoms with van der Waals surface area (Å²) in [4.78, 5) is 0. The molecule has 39 heavy (non-hydrogen) atoms. The Kier molecular flexibility index (Phi) is 4.07. The Balaban J connectivity index is 1.34. The lowest BCUT2D eigenvalue weighted by Crippen LogP contribution is -2.25. The molecule has 0 radical (unpaired) electrons. The van der Waals surface area contributed by atoms with E-state index < -0.39 is 0 Å². The van der Waals surface area contributed by atoms with Gasteiger partial charge in [0.05, 0.1) is 5.41 Å². The minimum absolute atomic E-state index is 0.299. The molecule has 0 N–H and O–H groups in total. The van der Waals surface area contributed by atoms with E-state index in [1.165, 1.54) is 83.5 Å². The normalized spacial score (nSPS) is 14.4. The van der Waals surface area contributed by atoms with Gasteiger partial charge in [0.1, 0.15) is 0 Å². The molecule has 0 heteroatoms. The van der Waals surface area contributed by atoms with Gasteiger partial charge in [-0.2, -0.15) is 0 Å². The predicted molar refractivity (Wildman–Crippen MR) is 161 cm³/mol. The lowest BCUT2D eigenvalue weighted by atomic mass is 9.70. The van der Waals surface area contributed by atoms with Crippen LogP contribution < -0.4 is 0 Å². The van der Waals surface area contributed by atoms with E-state index in [-0.39, 0.29) is 5.41 Å². The van der Waals surface area contributed by atoms with Gasteiger partial charge in [-0.1, -0.05) is 121 Å². The van der Waals surface area contributed by atoms with Crippen molar-refractivity contribution in [2.45, 2.75) is 18.8 Å². The lowest BCUT2D eigenvalue weighted by Gasteiger charge is -2.30. The van der Waals surface area contributed by atoms with Crippen molar-refractivity contribution in [3.8, 4) is 44.5 Å². The van der Waals surface area contributed by atoms with Crippen LogP contribution in [0.3, 0.4) is 0 Å². The third-order valence-electron chi connectivity index (χ3n) is 9.54. The SMILES string of the molecule is Cc1cccc2c1Cc1c(-c3ccc4c(c3)C3(c5ccccc5-c5ccccc53)c3ccccc3-4)cccc1-2. The van der Waals surface area contributed by atoms with Crippen LogP contribution in [0.5, 0.6) is 0 Å². The molecular weight excluding hydrogens is 468 g/mol. The summed E-state index contributed by atoms with van der Waals surface area (Å²) in [6.07, 6.45) is 1.00. The van der Waals surface area contributed by atoms with Crippen LogP contribution in [0.4, 0.5) is 0 Å². The van der Waals surface area contributed by atoms with Crippen molar-refractivity contribution in [2.24, 2.45) is 0 Å². The topological polar surface area (TPSA) is 0 Å². The molecule has 0 aromatic heterocycles. The fraction of sp³-hybridized carbons (Fsp3) is 0.0769. The molecule has 0 fully saturated rings. The summed E-state index contributed by atoms with van der Waals surface area (Å²) in [6, 6.07) is 48.0. The van der Waals surface area contributed by atoms with Crippen molar-refractivity contribution in [2.75, 3.05) is 0 Å². The van der Waals surface area contributed by atoms with E-state index in [4.69, 9.17) is 0 Å². The van der Waals surface area contributed by atoms with Crippen molar-refractivity contribution in [3.05, 3.63) is 166 Å². The minimum atomic E-state index is -0.299. The first-order valence-electron chi connectivity index (χ1n) is 13.9. The second-order valence-corrected chi connectivity index (χ2v) is 11.3. The molecule has 182 valence electrons. The Morgan fingerprint density at radius 3 is 1.54 bits per heavy atom. The van der Waals surface area contributed by atoms with Crippen LogP contribution in [0.2, 0.25) is 0 Å². The van der Waals surface area contributed by atoms with Gasteiger partial charge in [0, 0.05) is 0 Å². The molecule has 0 saturated heterocycles. The van der Waals surface area contributed by atoms with Gasteiger partial charge in [-0.25, -0.2) is 0 Å². The number of aryl methyl sites for hydroxylation is 1. The van der Waals surface area contributed by atoms with Crippen LogP contribution in [-0.2, 0) is 11.8 Å². The zero-order valence-electron chi connectivity index (χ0n) is 21.8. The Bertz CT molecular complexity index is 1940. The van der Waals surface area contributed by atoms with E-state index in [1.807, 2.05) is 0 Å². The fourth-order valence-electron chi connectivity index (χ4n) is 7.93. The summed E-state index contributed by atoms with van der Waals surface area (Å²) in [7, 11) is 0. The Hall–Kier alpha value is -4.68. The number of fused-ring (bicyclic) bond motifs is 13. The average Bonchev–Trinajstić information content (AvgIpc) is 3.62. The Morgan fingerprint density at radius 2 is 0.897 bits per heavy atom. The van der Waals surface area contributed by atoms with Crippen molar-refractivity contribution in [1.82, 2.24) is 0 Å². The lowest BCUT2D eigenvalue weighted by molar-refractivity contribution is 0.794. The van der Waals surface area contributed by atoms with Crippen LogP contribution in [-0.4, -0.2) is 0 Å². The third-order valence-corrected chi connectivity index (χ3v) is 9.54. The summed E-state index contributed by atoms with van der Waals surface area (Å²) in [5.74, 6) is 0. The van der Waals surface area contributed by atoms with Crippen molar-refractivity contribution in [3.63, 3.8) is 0 Å². The molecular formula is C39H26. The molecule has 0 amide bonds. The van der Waals surface area contributed by atoms with Crippen LogP contribution in [0.15, 0.2) is 127 Å². The maximum absolute atomic E-state index is 2.51. The average molecular weight is 495 g/mol. The maximum atomic E-state index is 2.51. The van der Waals surface area contributed by atoms with Gasteiger partial charge in [0.25, 0.3) is 0 Å². The number of rotatable bonds is 1. The quantitative estimate of drug-likeness (QED) is 0.213. The fourth-order valence-corrected chi connectivity index (χ4v) is 7.93. The summed E-state index contributed by atoms with van der Waals surface area (Å²) in [6.45, 7) is 2.25. The highest BCUT2D eigenvalue weighted by Gasteiger charge is 2.51. The molecule has 6 aromatic rings. The van der Waals surface area contributed by atoms with Gasteiger partial charge >= 0.3 is 0 Å². The Morgan fingerprint density at radius 1 is 0.410 bits per heavy atom. The monoisotopic (exact) mass is 494 g/mol. The second-order valence-electron chi connectivity index (χ2n) is 11.3. The van der Waals surface area contributed by atoms with E-state index in [0.717, 1.165) is 6.42 Å². The first-order chi connectivity index (χ1) is 19.3. The maximum Gasteiger partial charge on any atom is 0.0725 e. The molecule has 1 spiro atoms. The predicted octanol–water partition coefficient (Wildman–Crippen LogP) is 9.58. The zero-order chi connectivity index (χ0) is 25.7. The molecule has 0 bridgehead atoms. The molecule has 9 rings (SSSR count). The van der Waals surface area contributed by atoms with Gasteiger partial charge < -0.3 is 0 Å². The van der Waals surface area contributed by atoms with Crippen LogP contribution in [0, 0.1) is 6.92 Å². The summed E-state index contributed by atoms with van der Waals surface area (Å²) in [5, 5.41) is 0. The molecule has 3 aliphatic carbocycles. The number of hydrogen-bond acceptors (Lipinski definition) is 0. The van der Waals surface area contributed by atoms with Gasteiger partial charge in [0.2, 0.25) is 0 Å². The third kappa shape index (κ3) is 2.55. The molecule has 0 aliphatic heterocycles. The smallest absolute Gasteiger partial charge is 0.0619 e. The van der Waals surface area contributed by atoms with Crippen molar-refractivity contribution >= 4 is 0 Å². The highest BCUT2D eigenvalue weighted by Crippen LogP contribution is 2.63. The number of benzene rings is 6. The number of hydrogen-bond donors (Lipinski definition) is 0. The van der Waals surface area contributed by atoms with Gasteiger partial charge in [0.15, 0.2) is 0 Å². The molecule has 3 aliphatic rings. The first-order valence-corrected chi connectivity index (χ1v) is 13.9. The van der Waals surface area contributed by atoms with Gasteiger partial charge in [-0.05, 0) is 103 Å². The van der Waals surface area contributed by atoms with E-state index in [9.17, 15) is 0 Å². The molecule has 0 saturated carbocycles. The summed E-state index contributed by atoms with van der Waals surface area (Å²) < 4.78 is 0. The van der Waals surface area contributed by atoms with E-state index in [2.05, 4.69) is 134 Å². The highest BCUT2D eigenvalue weighted by atomic mass is 14.5. The van der Waals surface area contributed by atoms with E-state index in [0.29, 0.717) is 0 Å². The molecule has 0 unspecified atom stereocenters. The highest BCUT2D eigenvalue weighted by molar-refractivity contribution is 5.96. The second kappa shape index (κ2) is 7.46. The van der Waals surface area contributed by atoms with Crippen LogP contribution in [0.25, 0.3) is 44.5 Å². The minimum Gasteiger partial charge on any atom is -0.0619 e. The van der Waals surface area contributed by atoms with Crippen molar-refractivity contribution < 1.29 is 0 Å². The summed E-state index contributed by atoms with van der Waals surface area (Å²) >= 11 is 0. The molecule has 0 heterocycles. The zero-order valence-corrected chi connectivity index (χ0v) is 21.8. The molecule has 0 atom stereocenters.